The molecule has 0 aliphatic heterocycles. The van der Waals surface area contributed by atoms with Crippen LogP contribution < -0.4 is 5.73 Å². The van der Waals surface area contributed by atoms with Crippen molar-refractivity contribution < 1.29 is 4.79 Å². The van der Waals surface area contributed by atoms with Crippen LogP contribution in [0.4, 0.5) is 0 Å². The van der Waals surface area contributed by atoms with Gasteiger partial charge >= 0.3 is 0 Å². The number of rotatable bonds is 7. The van der Waals surface area contributed by atoms with Gasteiger partial charge < -0.3 is 10.3 Å². The predicted molar refractivity (Wildman–Crippen MR) is 105 cm³/mol. The zero-order valence-corrected chi connectivity index (χ0v) is 15.4. The van der Waals surface area contributed by atoms with E-state index in [0.29, 0.717) is 5.56 Å². The van der Waals surface area contributed by atoms with Gasteiger partial charge in [-0.25, -0.2) is 0 Å². The van der Waals surface area contributed by atoms with Crippen LogP contribution in [0.15, 0.2) is 54.7 Å². The first kappa shape index (κ1) is 17.9. The van der Waals surface area contributed by atoms with Crippen molar-refractivity contribution in [3.63, 3.8) is 0 Å². The largest absolute Gasteiger partial charge is 0.366 e. The molecule has 1 aromatic carbocycles. The van der Waals surface area contributed by atoms with Crippen molar-refractivity contribution in [2.24, 2.45) is 5.73 Å². The molecular weight excluding hydrogens is 322 g/mol. The molecule has 0 bridgehead atoms. The van der Waals surface area contributed by atoms with Gasteiger partial charge in [-0.05, 0) is 37.5 Å². The topological polar surface area (TPSA) is 60.9 Å². The highest BCUT2D eigenvalue weighted by atomic mass is 16.1. The summed E-state index contributed by atoms with van der Waals surface area (Å²) in [6.45, 7) is 4.87. The summed E-state index contributed by atoms with van der Waals surface area (Å²) in [5.74, 6) is -0.396. The fourth-order valence-electron chi connectivity index (χ4n) is 3.47. The molecule has 0 fully saturated rings. The summed E-state index contributed by atoms with van der Waals surface area (Å²) in [7, 11) is 0. The molecule has 0 atom stereocenters. The number of nitrogens with two attached hydrogens (primary N) is 1. The van der Waals surface area contributed by atoms with Crippen LogP contribution in [0.5, 0.6) is 0 Å². The lowest BCUT2D eigenvalue weighted by Gasteiger charge is -2.13. The molecule has 1 amide bonds. The highest BCUT2D eigenvalue weighted by Gasteiger charge is 2.25. The monoisotopic (exact) mass is 347 g/mol. The number of primary amides is 1. The maximum atomic E-state index is 12.3. The molecule has 2 N–H and O–H groups in total. The molecular formula is C22H25N3O. The van der Waals surface area contributed by atoms with E-state index >= 15 is 0 Å². The number of carbonyl (C=O) groups is 1. The van der Waals surface area contributed by atoms with Crippen molar-refractivity contribution in [2.75, 3.05) is 0 Å². The van der Waals surface area contributed by atoms with Gasteiger partial charge in [0.25, 0.3) is 5.91 Å². The minimum Gasteiger partial charge on any atom is -0.366 e. The van der Waals surface area contributed by atoms with Crippen LogP contribution >= 0.6 is 0 Å². The average Bonchev–Trinajstić information content (AvgIpc) is 2.93. The molecule has 0 aliphatic rings. The van der Waals surface area contributed by atoms with Gasteiger partial charge in [-0.3, -0.25) is 9.78 Å². The standard InChI is InChI=1S/C22H25N3O/c1-3-4-13-19-21(18-12-8-9-14-24-18)20(22(23)26)16(2)25(19)15-17-10-6-5-7-11-17/h5-12,14H,3-4,13,15H2,1-2H3,(H2,23,26). The number of nitrogens with zero attached hydrogens (tertiary/aromatic N) is 2. The molecule has 3 rings (SSSR count). The minimum atomic E-state index is -0.396. The van der Waals surface area contributed by atoms with Crippen LogP contribution in [0, 0.1) is 6.92 Å². The normalized spacial score (nSPS) is 10.8. The number of hydrogen-bond acceptors (Lipinski definition) is 2. The van der Waals surface area contributed by atoms with Crippen molar-refractivity contribution in [3.05, 3.63) is 77.2 Å². The second-order valence-electron chi connectivity index (χ2n) is 6.54. The Bertz CT molecular complexity index is 883. The van der Waals surface area contributed by atoms with Gasteiger partial charge in [0.15, 0.2) is 0 Å². The number of pyridine rings is 1. The molecule has 4 heteroatoms. The smallest absolute Gasteiger partial charge is 0.251 e. The summed E-state index contributed by atoms with van der Waals surface area (Å²) < 4.78 is 2.23. The van der Waals surface area contributed by atoms with Gasteiger partial charge in [0.2, 0.25) is 0 Å². The Morgan fingerprint density at radius 1 is 1.12 bits per heavy atom. The molecule has 0 radical (unpaired) electrons. The molecule has 2 aromatic heterocycles. The van der Waals surface area contributed by atoms with Crippen LogP contribution in [0.3, 0.4) is 0 Å². The van der Waals surface area contributed by atoms with Gasteiger partial charge in [0.1, 0.15) is 0 Å². The van der Waals surface area contributed by atoms with Crippen molar-refractivity contribution in [1.82, 2.24) is 9.55 Å². The second kappa shape index (κ2) is 8.00. The third-order valence-electron chi connectivity index (χ3n) is 4.75. The van der Waals surface area contributed by atoms with Crippen molar-refractivity contribution in [2.45, 2.75) is 39.7 Å². The lowest BCUT2D eigenvalue weighted by atomic mass is 10.0. The van der Waals surface area contributed by atoms with E-state index in [9.17, 15) is 4.79 Å². The van der Waals surface area contributed by atoms with Crippen molar-refractivity contribution in [3.8, 4) is 11.3 Å². The van der Waals surface area contributed by atoms with E-state index in [-0.39, 0.29) is 0 Å². The highest BCUT2D eigenvalue weighted by molar-refractivity contribution is 6.01. The second-order valence-corrected chi connectivity index (χ2v) is 6.54. The Labute approximate surface area is 154 Å². The van der Waals surface area contributed by atoms with Crippen LogP contribution in [0.25, 0.3) is 11.3 Å². The molecule has 0 unspecified atom stereocenters. The number of amides is 1. The summed E-state index contributed by atoms with van der Waals surface area (Å²) in [5, 5.41) is 0. The van der Waals surface area contributed by atoms with Crippen LogP contribution in [-0.4, -0.2) is 15.5 Å². The molecule has 0 aliphatic carbocycles. The third-order valence-corrected chi connectivity index (χ3v) is 4.75. The fourth-order valence-corrected chi connectivity index (χ4v) is 3.47. The molecule has 134 valence electrons. The van der Waals surface area contributed by atoms with E-state index in [1.165, 1.54) is 5.56 Å². The predicted octanol–water partition coefficient (Wildman–Crippen LogP) is 4.35. The highest BCUT2D eigenvalue weighted by Crippen LogP contribution is 2.33. The summed E-state index contributed by atoms with van der Waals surface area (Å²) in [6, 6.07) is 16.1. The SMILES string of the molecule is CCCCc1c(-c2ccccn2)c(C(N)=O)c(C)n1Cc1ccccc1. The third kappa shape index (κ3) is 3.54. The van der Waals surface area contributed by atoms with E-state index in [2.05, 4.69) is 28.6 Å². The van der Waals surface area contributed by atoms with E-state index in [1.807, 2.05) is 43.3 Å². The fraction of sp³-hybridized carbons (Fsp3) is 0.273. The minimum absolute atomic E-state index is 0.396. The summed E-state index contributed by atoms with van der Waals surface area (Å²) in [6.07, 6.45) is 4.79. The van der Waals surface area contributed by atoms with E-state index < -0.39 is 5.91 Å². The maximum absolute atomic E-state index is 12.3. The van der Waals surface area contributed by atoms with Gasteiger partial charge in [0.05, 0.1) is 11.3 Å². The Balaban J connectivity index is 2.21. The van der Waals surface area contributed by atoms with Crippen LogP contribution in [-0.2, 0) is 13.0 Å². The zero-order chi connectivity index (χ0) is 18.5. The van der Waals surface area contributed by atoms with E-state index in [4.69, 9.17) is 5.73 Å². The molecule has 4 nitrogen and oxygen atoms in total. The molecule has 0 spiro atoms. The van der Waals surface area contributed by atoms with Gasteiger partial charge in [-0.15, -0.1) is 0 Å². The van der Waals surface area contributed by atoms with Gasteiger partial charge in [-0.2, -0.15) is 0 Å². The number of carbonyl (C=O) groups excluding carboxylic acids is 1. The Morgan fingerprint density at radius 3 is 2.46 bits per heavy atom. The van der Waals surface area contributed by atoms with Crippen LogP contribution in [0.1, 0.15) is 47.1 Å². The first-order valence-electron chi connectivity index (χ1n) is 9.10. The first-order valence-corrected chi connectivity index (χ1v) is 9.10. The summed E-state index contributed by atoms with van der Waals surface area (Å²) in [4.78, 5) is 16.8. The zero-order valence-electron chi connectivity index (χ0n) is 15.4. The Morgan fingerprint density at radius 2 is 1.85 bits per heavy atom. The molecule has 3 aromatic rings. The number of unbranched alkanes of at least 4 members (excludes halogenated alkanes) is 1. The lowest BCUT2D eigenvalue weighted by Crippen LogP contribution is -2.13. The van der Waals surface area contributed by atoms with E-state index in [1.54, 1.807) is 6.20 Å². The number of hydrogen-bond donors (Lipinski definition) is 1. The Hall–Kier alpha value is -2.88. The first-order chi connectivity index (χ1) is 12.6. The molecule has 2 heterocycles. The van der Waals surface area contributed by atoms with E-state index in [0.717, 1.165) is 48.5 Å². The molecule has 0 saturated heterocycles. The molecule has 26 heavy (non-hydrogen) atoms. The summed E-state index contributed by atoms with van der Waals surface area (Å²) >= 11 is 0. The Kier molecular flexibility index (Phi) is 5.52. The number of aromatic nitrogens is 2. The van der Waals surface area contributed by atoms with Gasteiger partial charge in [0, 0.05) is 29.7 Å². The van der Waals surface area contributed by atoms with Crippen molar-refractivity contribution in [1.29, 1.82) is 0 Å². The van der Waals surface area contributed by atoms with Crippen molar-refractivity contribution >= 4 is 5.91 Å². The lowest BCUT2D eigenvalue weighted by molar-refractivity contribution is 0.1000. The average molecular weight is 347 g/mol. The number of benzene rings is 1. The maximum Gasteiger partial charge on any atom is 0.251 e. The van der Waals surface area contributed by atoms with Gasteiger partial charge in [-0.1, -0.05) is 49.7 Å². The quantitative estimate of drug-likeness (QED) is 0.691. The molecule has 0 saturated carbocycles. The summed E-state index contributed by atoms with van der Waals surface area (Å²) in [5.41, 5.74) is 11.3. The van der Waals surface area contributed by atoms with Crippen LogP contribution in [0.2, 0.25) is 0 Å².